The van der Waals surface area contributed by atoms with Gasteiger partial charge in [-0.3, -0.25) is 9.69 Å². The Bertz CT molecular complexity index is 967. The zero-order chi connectivity index (χ0) is 20.9. The number of ketones is 1. The molecule has 0 N–H and O–H groups in total. The first kappa shape index (κ1) is 20.0. The molecule has 2 heterocycles. The van der Waals surface area contributed by atoms with Gasteiger partial charge in [0.2, 0.25) is 0 Å². The number of amides is 1. The van der Waals surface area contributed by atoms with Crippen LogP contribution in [-0.4, -0.2) is 43.1 Å². The Morgan fingerprint density at radius 1 is 0.933 bits per heavy atom. The third-order valence-electron chi connectivity index (χ3n) is 5.18. The summed E-state index contributed by atoms with van der Waals surface area (Å²) in [6.45, 7) is 3.69. The van der Waals surface area contributed by atoms with Crippen molar-refractivity contribution in [2.24, 2.45) is 0 Å². The molecule has 2 aliphatic rings. The van der Waals surface area contributed by atoms with E-state index in [1.165, 1.54) is 0 Å². The van der Waals surface area contributed by atoms with Gasteiger partial charge in [-0.1, -0.05) is 43.7 Å². The van der Waals surface area contributed by atoms with Crippen molar-refractivity contribution in [1.29, 1.82) is 0 Å². The van der Waals surface area contributed by atoms with Gasteiger partial charge in [-0.2, -0.15) is 0 Å². The Kier molecular flexibility index (Phi) is 6.02. The van der Waals surface area contributed by atoms with Crippen molar-refractivity contribution in [3.05, 3.63) is 59.7 Å². The molecule has 0 aromatic heterocycles. The van der Waals surface area contributed by atoms with Gasteiger partial charge < -0.3 is 14.2 Å². The van der Waals surface area contributed by atoms with Crippen LogP contribution in [0.25, 0.3) is 11.3 Å². The molecule has 1 fully saturated rings. The number of hydrogen-bond acceptors (Lipinski definition) is 5. The van der Waals surface area contributed by atoms with E-state index in [4.69, 9.17) is 14.2 Å². The van der Waals surface area contributed by atoms with E-state index in [9.17, 15) is 9.59 Å². The number of unbranched alkanes of at least 4 members (excludes halogenated alkanes) is 1. The van der Waals surface area contributed by atoms with Crippen molar-refractivity contribution >= 4 is 23.1 Å². The lowest BCUT2D eigenvalue weighted by atomic mass is 9.92. The second kappa shape index (κ2) is 9.03. The number of allylic oxidation sites excluding steroid dienone is 1. The predicted octanol–water partition coefficient (Wildman–Crippen LogP) is 4.54. The lowest BCUT2D eigenvalue weighted by Gasteiger charge is -2.24. The van der Waals surface area contributed by atoms with Crippen molar-refractivity contribution in [2.75, 3.05) is 26.4 Å². The minimum atomic E-state index is -0.448. The number of rotatable bonds is 7. The second-order valence-electron chi connectivity index (χ2n) is 7.24. The fraction of sp³-hybridized carbons (Fsp3) is 0.333. The van der Waals surface area contributed by atoms with Crippen LogP contribution < -0.4 is 9.47 Å². The summed E-state index contributed by atoms with van der Waals surface area (Å²) in [6.07, 6.45) is 1.67. The fourth-order valence-electron chi connectivity index (χ4n) is 3.72. The Morgan fingerprint density at radius 2 is 1.70 bits per heavy atom. The molecule has 0 radical (unpaired) electrons. The molecule has 156 valence electrons. The van der Waals surface area contributed by atoms with E-state index >= 15 is 0 Å². The van der Waals surface area contributed by atoms with Crippen LogP contribution in [0.4, 0.5) is 4.79 Å². The summed E-state index contributed by atoms with van der Waals surface area (Å²) in [4.78, 5) is 27.5. The van der Waals surface area contributed by atoms with Gasteiger partial charge in [0.05, 0.1) is 12.2 Å². The molecule has 30 heavy (non-hydrogen) atoms. The molecule has 0 bridgehead atoms. The van der Waals surface area contributed by atoms with Crippen LogP contribution >= 0.6 is 0 Å². The summed E-state index contributed by atoms with van der Waals surface area (Å²) < 4.78 is 16.6. The number of benzene rings is 2. The number of ether oxygens (including phenoxy) is 3. The van der Waals surface area contributed by atoms with Gasteiger partial charge >= 0.3 is 6.09 Å². The van der Waals surface area contributed by atoms with Crippen LogP contribution in [0.15, 0.2) is 48.5 Å². The van der Waals surface area contributed by atoms with E-state index in [0.29, 0.717) is 48.9 Å². The normalized spacial score (nSPS) is 16.2. The van der Waals surface area contributed by atoms with Crippen molar-refractivity contribution in [2.45, 2.75) is 26.2 Å². The monoisotopic (exact) mass is 407 g/mol. The first-order valence-electron chi connectivity index (χ1n) is 10.4. The summed E-state index contributed by atoms with van der Waals surface area (Å²) in [5, 5.41) is 0. The van der Waals surface area contributed by atoms with Crippen LogP contribution in [0, 0.1) is 0 Å². The molecule has 0 unspecified atom stereocenters. The summed E-state index contributed by atoms with van der Waals surface area (Å²) in [5.41, 5.74) is 2.59. The van der Waals surface area contributed by atoms with Gasteiger partial charge in [0.25, 0.3) is 0 Å². The molecule has 2 aliphatic heterocycles. The minimum Gasteiger partial charge on any atom is -0.486 e. The summed E-state index contributed by atoms with van der Waals surface area (Å²) in [5.74, 6) is 1.27. The predicted molar refractivity (Wildman–Crippen MR) is 113 cm³/mol. The highest BCUT2D eigenvalue weighted by atomic mass is 16.6. The van der Waals surface area contributed by atoms with Gasteiger partial charge in [0.15, 0.2) is 17.3 Å². The maximum absolute atomic E-state index is 13.4. The van der Waals surface area contributed by atoms with Gasteiger partial charge in [-0.15, -0.1) is 0 Å². The lowest BCUT2D eigenvalue weighted by molar-refractivity contribution is -0.113. The average Bonchev–Trinajstić information content (AvgIpc) is 3.21. The molecule has 6 nitrogen and oxygen atoms in total. The molecule has 2 aromatic carbocycles. The van der Waals surface area contributed by atoms with Crippen LogP contribution in [0.3, 0.4) is 0 Å². The van der Waals surface area contributed by atoms with E-state index in [2.05, 4.69) is 6.92 Å². The number of carbonyl (C=O) groups is 2. The Hall–Kier alpha value is -3.28. The van der Waals surface area contributed by atoms with Crippen LogP contribution in [0.1, 0.15) is 37.3 Å². The average molecular weight is 407 g/mol. The third kappa shape index (κ3) is 4.03. The van der Waals surface area contributed by atoms with E-state index < -0.39 is 6.09 Å². The molecule has 0 atom stereocenters. The van der Waals surface area contributed by atoms with Gasteiger partial charge in [-0.25, -0.2) is 4.79 Å². The number of hydrogen-bond donors (Lipinski definition) is 0. The number of fused-ring (bicyclic) bond motifs is 1. The molecule has 6 heteroatoms. The quantitative estimate of drug-likeness (QED) is 0.498. The molecular formula is C24H25NO5. The zero-order valence-corrected chi connectivity index (χ0v) is 17.1. The zero-order valence-electron chi connectivity index (χ0n) is 17.1. The first-order valence-corrected chi connectivity index (χ1v) is 10.4. The van der Waals surface area contributed by atoms with E-state index in [-0.39, 0.29) is 12.4 Å². The molecule has 1 amide bonds. The molecule has 0 saturated carbocycles. The fourth-order valence-corrected chi connectivity index (χ4v) is 3.72. The Morgan fingerprint density at radius 3 is 2.40 bits per heavy atom. The molecule has 0 aliphatic carbocycles. The van der Waals surface area contributed by atoms with Crippen LogP contribution in [-0.2, 0) is 9.53 Å². The summed E-state index contributed by atoms with van der Waals surface area (Å²) in [7, 11) is 0. The van der Waals surface area contributed by atoms with Crippen molar-refractivity contribution in [1.82, 2.24) is 4.90 Å². The van der Waals surface area contributed by atoms with Gasteiger partial charge in [-0.05, 0) is 30.2 Å². The van der Waals surface area contributed by atoms with Crippen LogP contribution in [0.5, 0.6) is 11.5 Å². The number of Topliss-reactive ketones (excluding diaryl/α,β-unsaturated/α-hetero) is 1. The topological polar surface area (TPSA) is 65.1 Å². The van der Waals surface area contributed by atoms with Crippen molar-refractivity contribution < 1.29 is 23.8 Å². The summed E-state index contributed by atoms with van der Waals surface area (Å²) >= 11 is 0. The van der Waals surface area contributed by atoms with E-state index in [1.54, 1.807) is 4.90 Å². The van der Waals surface area contributed by atoms with Crippen LogP contribution in [0.2, 0.25) is 0 Å². The maximum Gasteiger partial charge on any atom is 0.414 e. The minimum absolute atomic E-state index is 0.00707. The van der Waals surface area contributed by atoms with Gasteiger partial charge in [0, 0.05) is 17.6 Å². The van der Waals surface area contributed by atoms with E-state index in [1.807, 2.05) is 48.5 Å². The molecule has 1 saturated heterocycles. The van der Waals surface area contributed by atoms with Crippen molar-refractivity contribution in [3.63, 3.8) is 0 Å². The molecule has 2 aromatic rings. The van der Waals surface area contributed by atoms with Gasteiger partial charge in [0.1, 0.15) is 19.8 Å². The Balaban J connectivity index is 1.92. The maximum atomic E-state index is 13.4. The summed E-state index contributed by atoms with van der Waals surface area (Å²) in [6, 6.07) is 15.0. The van der Waals surface area contributed by atoms with Crippen molar-refractivity contribution in [3.8, 4) is 11.5 Å². The number of carbonyl (C=O) groups excluding carboxylic acids is 2. The molecule has 4 rings (SSSR count). The highest BCUT2D eigenvalue weighted by molar-refractivity contribution is 6.28. The van der Waals surface area contributed by atoms with E-state index in [0.717, 1.165) is 24.0 Å². The number of cyclic esters (lactones) is 1. The highest BCUT2D eigenvalue weighted by Crippen LogP contribution is 2.38. The molecular weight excluding hydrogens is 382 g/mol. The SMILES string of the molecule is CCCCC(=O)/C(=C(\c1ccc2c(c1)OCCO2)N1CCOC1=O)c1ccccc1. The second-order valence-corrected chi connectivity index (χ2v) is 7.24. The Labute approximate surface area is 176 Å². The largest absolute Gasteiger partial charge is 0.486 e. The third-order valence-corrected chi connectivity index (χ3v) is 5.18. The number of nitrogens with zero attached hydrogens (tertiary/aromatic N) is 1. The lowest BCUT2D eigenvalue weighted by Crippen LogP contribution is -2.25. The highest BCUT2D eigenvalue weighted by Gasteiger charge is 2.32. The standard InChI is InChI=1S/C24H25NO5/c1-2-3-9-19(26)22(17-7-5-4-6-8-17)23(25-12-13-30-24(25)27)18-10-11-20-21(16-18)29-15-14-28-20/h4-8,10-11,16H,2-3,9,12-15H2,1H3/b23-22+. The molecule has 0 spiro atoms. The smallest absolute Gasteiger partial charge is 0.414 e. The first-order chi connectivity index (χ1) is 14.7.